The molecule has 0 bridgehead atoms. The molecule has 23 heavy (non-hydrogen) atoms. The number of carbonyl (C=O) groups is 2. The van der Waals surface area contributed by atoms with Crippen LogP contribution in [0.15, 0.2) is 54.6 Å². The normalized spacial score (nSPS) is 11.5. The van der Waals surface area contributed by atoms with Crippen molar-refractivity contribution in [1.29, 1.82) is 0 Å². The van der Waals surface area contributed by atoms with Crippen LogP contribution in [0.4, 0.5) is 5.69 Å². The Balaban J connectivity index is 2.07. The lowest BCUT2D eigenvalue weighted by Gasteiger charge is -2.16. The number of hydrogen-bond donors (Lipinski definition) is 2. The molecule has 1 amide bonds. The summed E-state index contributed by atoms with van der Waals surface area (Å²) in [4.78, 5) is 23.0. The van der Waals surface area contributed by atoms with Crippen LogP contribution in [-0.2, 0) is 9.59 Å². The van der Waals surface area contributed by atoms with Crippen LogP contribution in [0.3, 0.4) is 0 Å². The molecule has 0 aromatic heterocycles. The van der Waals surface area contributed by atoms with Crippen molar-refractivity contribution < 1.29 is 19.4 Å². The number of carbonyl (C=O) groups excluding carboxylic acids is 1. The largest absolute Gasteiger partial charge is 0.482 e. The molecule has 120 valence electrons. The summed E-state index contributed by atoms with van der Waals surface area (Å²) in [5.74, 6) is -0.985. The smallest absolute Gasteiger partial charge is 0.341 e. The Morgan fingerprint density at radius 2 is 1.87 bits per heavy atom. The van der Waals surface area contributed by atoms with Gasteiger partial charge in [0, 0.05) is 11.8 Å². The summed E-state index contributed by atoms with van der Waals surface area (Å²) in [6, 6.07) is 16.3. The first-order valence-corrected chi connectivity index (χ1v) is 7.40. The minimum atomic E-state index is -1.05. The highest BCUT2D eigenvalue weighted by atomic mass is 16.5. The van der Waals surface area contributed by atoms with Crippen LogP contribution in [-0.4, -0.2) is 23.6 Å². The fourth-order valence-corrected chi connectivity index (χ4v) is 2.30. The van der Waals surface area contributed by atoms with Crippen molar-refractivity contribution in [2.75, 3.05) is 11.9 Å². The predicted molar refractivity (Wildman–Crippen MR) is 87.7 cm³/mol. The monoisotopic (exact) mass is 313 g/mol. The molecule has 2 rings (SSSR count). The number of rotatable bonds is 7. The lowest BCUT2D eigenvalue weighted by Crippen LogP contribution is -2.20. The van der Waals surface area contributed by atoms with Gasteiger partial charge in [-0.15, -0.1) is 0 Å². The number of nitrogens with one attached hydrogen (secondary N) is 1. The number of benzene rings is 2. The van der Waals surface area contributed by atoms with Gasteiger partial charge >= 0.3 is 5.97 Å². The quantitative estimate of drug-likeness (QED) is 0.822. The summed E-state index contributed by atoms with van der Waals surface area (Å²) < 4.78 is 5.11. The molecule has 2 aromatic carbocycles. The molecule has 1 unspecified atom stereocenters. The summed E-state index contributed by atoms with van der Waals surface area (Å²) in [7, 11) is 0. The van der Waals surface area contributed by atoms with E-state index in [-0.39, 0.29) is 11.8 Å². The van der Waals surface area contributed by atoms with Crippen LogP contribution in [0.25, 0.3) is 0 Å². The maximum Gasteiger partial charge on any atom is 0.341 e. The van der Waals surface area contributed by atoms with E-state index in [9.17, 15) is 9.59 Å². The molecule has 0 radical (unpaired) electrons. The SMILES string of the molecule is CCC(C(=O)Nc1cccc(OCC(=O)O)c1)c1ccccc1. The van der Waals surface area contributed by atoms with Gasteiger partial charge in [-0.1, -0.05) is 43.3 Å². The van der Waals surface area contributed by atoms with Gasteiger partial charge in [-0.05, 0) is 24.1 Å². The molecule has 0 spiro atoms. The minimum absolute atomic E-state index is 0.103. The van der Waals surface area contributed by atoms with Crippen molar-refractivity contribution in [3.63, 3.8) is 0 Å². The zero-order valence-electron chi connectivity index (χ0n) is 12.9. The molecule has 0 fully saturated rings. The average molecular weight is 313 g/mol. The van der Waals surface area contributed by atoms with Crippen LogP contribution in [0, 0.1) is 0 Å². The van der Waals surface area contributed by atoms with Crippen molar-refractivity contribution in [2.45, 2.75) is 19.3 Å². The molecule has 0 aliphatic rings. The van der Waals surface area contributed by atoms with Crippen molar-refractivity contribution in [3.8, 4) is 5.75 Å². The first kappa shape index (κ1) is 16.5. The third-order valence-corrected chi connectivity index (χ3v) is 3.39. The van der Waals surface area contributed by atoms with E-state index in [0.29, 0.717) is 17.9 Å². The molecule has 1 atom stereocenters. The van der Waals surface area contributed by atoms with Gasteiger partial charge in [0.15, 0.2) is 6.61 Å². The number of anilines is 1. The van der Waals surface area contributed by atoms with Crippen LogP contribution in [0.2, 0.25) is 0 Å². The second kappa shape index (κ2) is 7.98. The topological polar surface area (TPSA) is 75.6 Å². The number of aliphatic carboxylic acids is 1. The molecule has 2 aromatic rings. The van der Waals surface area contributed by atoms with E-state index in [4.69, 9.17) is 9.84 Å². The predicted octanol–water partition coefficient (Wildman–Crippen LogP) is 3.28. The van der Waals surface area contributed by atoms with E-state index >= 15 is 0 Å². The third-order valence-electron chi connectivity index (χ3n) is 3.39. The van der Waals surface area contributed by atoms with Gasteiger partial charge in [-0.25, -0.2) is 4.79 Å². The molecular formula is C18H19NO4. The number of amides is 1. The van der Waals surface area contributed by atoms with E-state index in [0.717, 1.165) is 5.56 Å². The number of ether oxygens (including phenoxy) is 1. The van der Waals surface area contributed by atoms with E-state index in [2.05, 4.69) is 5.32 Å². The second-order valence-corrected chi connectivity index (χ2v) is 5.07. The maximum absolute atomic E-state index is 12.5. The summed E-state index contributed by atoms with van der Waals surface area (Å²) in [5.41, 5.74) is 1.54. The van der Waals surface area contributed by atoms with Crippen molar-refractivity contribution in [3.05, 3.63) is 60.2 Å². The van der Waals surface area contributed by atoms with E-state index in [1.807, 2.05) is 37.3 Å². The molecule has 5 nitrogen and oxygen atoms in total. The summed E-state index contributed by atoms with van der Waals surface area (Å²) >= 11 is 0. The Bertz CT molecular complexity index is 670. The van der Waals surface area contributed by atoms with E-state index in [1.165, 1.54) is 0 Å². The van der Waals surface area contributed by atoms with Gasteiger partial charge < -0.3 is 15.2 Å². The molecule has 0 aliphatic heterocycles. The van der Waals surface area contributed by atoms with Crippen molar-refractivity contribution >= 4 is 17.6 Å². The Kier molecular flexibility index (Phi) is 5.74. The lowest BCUT2D eigenvalue weighted by atomic mass is 9.95. The Morgan fingerprint density at radius 3 is 2.52 bits per heavy atom. The Labute approximate surface area is 134 Å². The molecular weight excluding hydrogens is 294 g/mol. The highest BCUT2D eigenvalue weighted by molar-refractivity contribution is 5.96. The standard InChI is InChI=1S/C18H19NO4/c1-2-16(13-7-4-3-5-8-13)18(22)19-14-9-6-10-15(11-14)23-12-17(20)21/h3-11,16H,2,12H2,1H3,(H,19,22)(H,20,21). The molecule has 0 saturated carbocycles. The molecule has 0 aliphatic carbocycles. The second-order valence-electron chi connectivity index (χ2n) is 5.07. The van der Waals surface area contributed by atoms with Crippen molar-refractivity contribution in [1.82, 2.24) is 0 Å². The van der Waals surface area contributed by atoms with Crippen LogP contribution in [0.5, 0.6) is 5.75 Å². The lowest BCUT2D eigenvalue weighted by molar-refractivity contribution is -0.139. The van der Waals surface area contributed by atoms with Gasteiger partial charge in [0.25, 0.3) is 0 Å². The Morgan fingerprint density at radius 1 is 1.13 bits per heavy atom. The molecule has 2 N–H and O–H groups in total. The molecule has 5 heteroatoms. The van der Waals surface area contributed by atoms with Crippen LogP contribution >= 0.6 is 0 Å². The van der Waals surface area contributed by atoms with Gasteiger partial charge in [0.05, 0.1) is 5.92 Å². The maximum atomic E-state index is 12.5. The van der Waals surface area contributed by atoms with Crippen LogP contribution < -0.4 is 10.1 Å². The van der Waals surface area contributed by atoms with Gasteiger partial charge in [-0.2, -0.15) is 0 Å². The fourth-order valence-electron chi connectivity index (χ4n) is 2.30. The number of hydrogen-bond acceptors (Lipinski definition) is 3. The van der Waals surface area contributed by atoms with Gasteiger partial charge in [-0.3, -0.25) is 4.79 Å². The zero-order chi connectivity index (χ0) is 16.7. The zero-order valence-corrected chi connectivity index (χ0v) is 12.9. The van der Waals surface area contributed by atoms with Crippen molar-refractivity contribution in [2.24, 2.45) is 0 Å². The molecule has 0 heterocycles. The number of carboxylic acids is 1. The van der Waals surface area contributed by atoms with Crippen LogP contribution in [0.1, 0.15) is 24.8 Å². The van der Waals surface area contributed by atoms with Gasteiger partial charge in [0.2, 0.25) is 5.91 Å². The highest BCUT2D eigenvalue weighted by Crippen LogP contribution is 2.23. The molecule has 0 saturated heterocycles. The summed E-state index contributed by atoms with van der Waals surface area (Å²) in [5, 5.41) is 11.5. The average Bonchev–Trinajstić information content (AvgIpc) is 2.55. The minimum Gasteiger partial charge on any atom is -0.482 e. The van der Waals surface area contributed by atoms with Gasteiger partial charge in [0.1, 0.15) is 5.75 Å². The third kappa shape index (κ3) is 4.85. The first-order valence-electron chi connectivity index (χ1n) is 7.40. The summed E-state index contributed by atoms with van der Waals surface area (Å²) in [6.45, 7) is 1.54. The summed E-state index contributed by atoms with van der Waals surface area (Å²) in [6.07, 6.45) is 0.686. The Hall–Kier alpha value is -2.82. The highest BCUT2D eigenvalue weighted by Gasteiger charge is 2.18. The fraction of sp³-hybridized carbons (Fsp3) is 0.222. The van der Waals surface area contributed by atoms with E-state index < -0.39 is 12.6 Å². The van der Waals surface area contributed by atoms with E-state index in [1.54, 1.807) is 24.3 Å². The first-order chi connectivity index (χ1) is 11.1. The number of carboxylic acid groups (broad SMARTS) is 1.